The lowest BCUT2D eigenvalue weighted by Gasteiger charge is -2.23. The number of nitrogens with two attached hydrogens (primary N) is 1. The average Bonchev–Trinajstić information content (AvgIpc) is 2.65. The first-order valence-electron chi connectivity index (χ1n) is 8.01. The molecule has 0 aliphatic carbocycles. The maximum absolute atomic E-state index is 12.2. The number of carboxylic acids is 2. The molecule has 0 bridgehead atoms. The fourth-order valence-electron chi connectivity index (χ4n) is 1.82. The molecular weight excluding hydrogens is 416 g/mol. The molecule has 3 amide bonds. The van der Waals surface area contributed by atoms with Gasteiger partial charge in [0.1, 0.15) is 24.2 Å². The molecule has 4 unspecified atom stereocenters. The number of thiol groups is 2. The lowest BCUT2D eigenvalue weighted by Crippen LogP contribution is -2.58. The number of amides is 3. The van der Waals surface area contributed by atoms with E-state index in [0.29, 0.717) is 0 Å². The van der Waals surface area contributed by atoms with Gasteiger partial charge in [0.25, 0.3) is 0 Å². The molecule has 0 saturated heterocycles. The smallest absolute Gasteiger partial charge is 0.326 e. The van der Waals surface area contributed by atoms with Crippen LogP contribution >= 0.6 is 25.3 Å². The van der Waals surface area contributed by atoms with E-state index in [0.717, 1.165) is 0 Å². The van der Waals surface area contributed by atoms with E-state index in [1.54, 1.807) is 0 Å². The molecule has 12 nitrogen and oxygen atoms in total. The second kappa shape index (κ2) is 13.2. The molecule has 160 valence electrons. The highest BCUT2D eigenvalue weighted by atomic mass is 32.1. The van der Waals surface area contributed by atoms with Gasteiger partial charge in [-0.2, -0.15) is 25.3 Å². The number of carbonyl (C=O) groups is 5. The molecule has 0 aliphatic rings. The fourth-order valence-corrected chi connectivity index (χ4v) is 2.33. The van der Waals surface area contributed by atoms with E-state index in [1.807, 2.05) is 0 Å². The van der Waals surface area contributed by atoms with Gasteiger partial charge in [0.05, 0.1) is 6.61 Å². The third-order valence-corrected chi connectivity index (χ3v) is 4.16. The van der Waals surface area contributed by atoms with Gasteiger partial charge in [-0.3, -0.25) is 19.2 Å². The molecule has 0 spiro atoms. The molecular formula is C14H24N4O8S2. The first-order chi connectivity index (χ1) is 13.1. The molecule has 0 aromatic carbocycles. The zero-order valence-electron chi connectivity index (χ0n) is 14.7. The summed E-state index contributed by atoms with van der Waals surface area (Å²) in [7, 11) is 0. The van der Waals surface area contributed by atoms with Crippen molar-refractivity contribution in [1.82, 2.24) is 16.0 Å². The molecule has 28 heavy (non-hydrogen) atoms. The van der Waals surface area contributed by atoms with Crippen molar-refractivity contribution in [2.45, 2.75) is 37.0 Å². The molecule has 0 aliphatic heterocycles. The van der Waals surface area contributed by atoms with Crippen molar-refractivity contribution in [3.05, 3.63) is 0 Å². The van der Waals surface area contributed by atoms with Crippen LogP contribution in [0.15, 0.2) is 0 Å². The number of carboxylic acid groups (broad SMARTS) is 2. The van der Waals surface area contributed by atoms with Crippen LogP contribution in [0.5, 0.6) is 0 Å². The van der Waals surface area contributed by atoms with Gasteiger partial charge in [-0.15, -0.1) is 0 Å². The molecule has 0 fully saturated rings. The van der Waals surface area contributed by atoms with Crippen LogP contribution in [0.2, 0.25) is 0 Å². The van der Waals surface area contributed by atoms with Gasteiger partial charge in [0.15, 0.2) is 0 Å². The number of hydrogen-bond donors (Lipinski definition) is 9. The Morgan fingerprint density at radius 1 is 0.821 bits per heavy atom. The van der Waals surface area contributed by atoms with Crippen LogP contribution in [-0.4, -0.2) is 87.3 Å². The van der Waals surface area contributed by atoms with Gasteiger partial charge in [0.2, 0.25) is 17.7 Å². The summed E-state index contributed by atoms with van der Waals surface area (Å²) in [6.45, 7) is -0.638. The van der Waals surface area contributed by atoms with Gasteiger partial charge in [-0.25, -0.2) is 4.79 Å². The van der Waals surface area contributed by atoms with Crippen molar-refractivity contribution in [3.63, 3.8) is 0 Å². The Balaban J connectivity index is 4.96. The minimum atomic E-state index is -1.47. The Kier molecular flexibility index (Phi) is 12.2. The third kappa shape index (κ3) is 9.25. The number of carbonyl (C=O) groups excluding carboxylic acids is 3. The molecule has 0 aromatic heterocycles. The average molecular weight is 441 g/mol. The second-order valence-electron chi connectivity index (χ2n) is 5.61. The number of aliphatic hydroxyl groups is 1. The van der Waals surface area contributed by atoms with Crippen molar-refractivity contribution in [2.24, 2.45) is 5.73 Å². The minimum absolute atomic E-state index is 0.146. The summed E-state index contributed by atoms with van der Waals surface area (Å²) in [4.78, 5) is 57.8. The molecule has 14 heteroatoms. The first-order valence-corrected chi connectivity index (χ1v) is 9.27. The second-order valence-corrected chi connectivity index (χ2v) is 6.34. The predicted molar refractivity (Wildman–Crippen MR) is 103 cm³/mol. The van der Waals surface area contributed by atoms with Crippen LogP contribution in [0.4, 0.5) is 0 Å². The van der Waals surface area contributed by atoms with Gasteiger partial charge >= 0.3 is 11.9 Å². The van der Waals surface area contributed by atoms with Crippen LogP contribution in [0.3, 0.4) is 0 Å². The zero-order chi connectivity index (χ0) is 21.9. The number of aliphatic carboxylic acids is 2. The molecule has 0 rings (SSSR count). The maximum Gasteiger partial charge on any atom is 0.326 e. The quantitative estimate of drug-likeness (QED) is 0.130. The fraction of sp³-hybridized carbons (Fsp3) is 0.643. The van der Waals surface area contributed by atoms with Crippen molar-refractivity contribution in [1.29, 1.82) is 0 Å². The molecule has 4 atom stereocenters. The Labute approximate surface area is 171 Å². The van der Waals surface area contributed by atoms with Gasteiger partial charge in [-0.05, 0) is 6.42 Å². The van der Waals surface area contributed by atoms with Crippen molar-refractivity contribution in [2.75, 3.05) is 18.1 Å². The molecule has 0 heterocycles. The largest absolute Gasteiger partial charge is 0.481 e. The van der Waals surface area contributed by atoms with E-state index in [9.17, 15) is 24.0 Å². The molecule has 0 saturated carbocycles. The summed E-state index contributed by atoms with van der Waals surface area (Å²) in [6.07, 6.45) is -0.827. The van der Waals surface area contributed by atoms with Crippen LogP contribution in [0.25, 0.3) is 0 Å². The van der Waals surface area contributed by atoms with Crippen LogP contribution in [0.1, 0.15) is 12.8 Å². The Morgan fingerprint density at radius 2 is 1.25 bits per heavy atom. The van der Waals surface area contributed by atoms with E-state index in [1.165, 1.54) is 0 Å². The normalized spacial score (nSPS) is 14.9. The summed E-state index contributed by atoms with van der Waals surface area (Å²) in [5, 5.41) is 33.2. The molecule has 8 N–H and O–H groups in total. The van der Waals surface area contributed by atoms with Crippen molar-refractivity contribution >= 4 is 54.9 Å². The van der Waals surface area contributed by atoms with Crippen molar-refractivity contribution < 1.29 is 39.3 Å². The summed E-state index contributed by atoms with van der Waals surface area (Å²) < 4.78 is 0. The highest BCUT2D eigenvalue weighted by molar-refractivity contribution is 7.80. The first kappa shape index (κ1) is 26.0. The van der Waals surface area contributed by atoms with Gasteiger partial charge in [-0.1, -0.05) is 0 Å². The van der Waals surface area contributed by atoms with E-state index < -0.39 is 66.9 Å². The highest BCUT2D eigenvalue weighted by Gasteiger charge is 2.29. The Hall–Kier alpha value is -2.03. The SMILES string of the molecule is NC(CO)C(=O)NC(CS)C(=O)NC(CS)C(=O)NC(CCC(=O)O)C(=O)O. The predicted octanol–water partition coefficient (Wildman–Crippen LogP) is -3.43. The summed E-state index contributed by atoms with van der Waals surface area (Å²) in [5.41, 5.74) is 5.34. The zero-order valence-corrected chi connectivity index (χ0v) is 16.5. The number of aliphatic hydroxyl groups excluding tert-OH is 1. The third-order valence-electron chi connectivity index (χ3n) is 3.43. The number of rotatable bonds is 13. The van der Waals surface area contributed by atoms with Crippen LogP contribution < -0.4 is 21.7 Å². The summed E-state index contributed by atoms with van der Waals surface area (Å²) in [5.74, 6) is -5.51. The van der Waals surface area contributed by atoms with Gasteiger partial charge in [0, 0.05) is 17.9 Å². The van der Waals surface area contributed by atoms with Crippen LogP contribution in [0, 0.1) is 0 Å². The summed E-state index contributed by atoms with van der Waals surface area (Å²) >= 11 is 7.86. The Bertz CT molecular complexity index is 592. The summed E-state index contributed by atoms with van der Waals surface area (Å²) in [6, 6.07) is -5.14. The van der Waals surface area contributed by atoms with Crippen LogP contribution in [-0.2, 0) is 24.0 Å². The van der Waals surface area contributed by atoms with Crippen molar-refractivity contribution in [3.8, 4) is 0 Å². The lowest BCUT2D eigenvalue weighted by atomic mass is 10.1. The maximum atomic E-state index is 12.2. The standard InChI is InChI=1S/C14H24N4O8S2/c15-6(3-19)11(22)17-8(4-27)13(24)18-9(5-28)12(23)16-7(14(25)26)1-2-10(20)21/h6-9,19,27-28H,1-5,15H2,(H,16,23)(H,17,22)(H,18,24)(H,20,21)(H,25,26). The topological polar surface area (TPSA) is 208 Å². The van der Waals surface area contributed by atoms with E-state index >= 15 is 0 Å². The van der Waals surface area contributed by atoms with Gasteiger partial charge < -0.3 is 37.0 Å². The van der Waals surface area contributed by atoms with E-state index in [-0.39, 0.29) is 17.9 Å². The lowest BCUT2D eigenvalue weighted by molar-refractivity contribution is -0.143. The monoisotopic (exact) mass is 440 g/mol. The number of hydrogen-bond acceptors (Lipinski definition) is 9. The van der Waals surface area contributed by atoms with E-state index in [4.69, 9.17) is 21.1 Å². The van der Waals surface area contributed by atoms with E-state index in [2.05, 4.69) is 41.2 Å². The molecule has 0 radical (unpaired) electrons. The highest BCUT2D eigenvalue weighted by Crippen LogP contribution is 2.01. The molecule has 0 aromatic rings. The Morgan fingerprint density at radius 3 is 1.61 bits per heavy atom. The minimum Gasteiger partial charge on any atom is -0.481 e. The number of nitrogens with one attached hydrogen (secondary N) is 3.